The van der Waals surface area contributed by atoms with E-state index in [1.165, 1.54) is 4.88 Å². The van der Waals surface area contributed by atoms with Gasteiger partial charge >= 0.3 is 0 Å². The number of amidine groups is 1. The monoisotopic (exact) mass is 375 g/mol. The number of rotatable bonds is 3. The van der Waals surface area contributed by atoms with Crippen LogP contribution in [0.3, 0.4) is 0 Å². The van der Waals surface area contributed by atoms with Gasteiger partial charge < -0.3 is 30.3 Å². The van der Waals surface area contributed by atoms with Crippen molar-refractivity contribution in [2.24, 2.45) is 10.7 Å². The van der Waals surface area contributed by atoms with E-state index >= 15 is 0 Å². The van der Waals surface area contributed by atoms with Crippen molar-refractivity contribution in [1.29, 1.82) is 0 Å². The zero-order valence-corrected chi connectivity index (χ0v) is 15.6. The van der Waals surface area contributed by atoms with Gasteiger partial charge in [-0.05, 0) is 23.6 Å². The van der Waals surface area contributed by atoms with Crippen LogP contribution in [-0.2, 0) is 9.47 Å². The maximum Gasteiger partial charge on any atom is 0.153 e. The molecule has 1 atom stereocenters. The summed E-state index contributed by atoms with van der Waals surface area (Å²) in [5.41, 5.74) is 7.25. The fourth-order valence-corrected chi connectivity index (χ4v) is 3.92. The molecule has 0 aromatic carbocycles. The Morgan fingerprint density at radius 1 is 1.12 bits per heavy atom. The summed E-state index contributed by atoms with van der Waals surface area (Å²) >= 11 is 1.72. The van der Waals surface area contributed by atoms with E-state index in [9.17, 15) is 0 Å². The highest BCUT2D eigenvalue weighted by Gasteiger charge is 2.28. The maximum atomic E-state index is 6.54. The summed E-state index contributed by atoms with van der Waals surface area (Å²) in [6, 6.07) is 4.15. The fourth-order valence-electron chi connectivity index (χ4n) is 3.30. The number of ether oxygens (including phenoxy) is 2. The minimum atomic E-state index is -0.139. The molecule has 3 aliphatic rings. The summed E-state index contributed by atoms with van der Waals surface area (Å²) < 4.78 is 11.0. The summed E-state index contributed by atoms with van der Waals surface area (Å²) in [5.74, 6) is 1.83. The van der Waals surface area contributed by atoms with Gasteiger partial charge in [0.25, 0.3) is 0 Å². The molecule has 0 aliphatic carbocycles. The lowest BCUT2D eigenvalue weighted by Gasteiger charge is -2.39. The molecule has 0 radical (unpaired) electrons. The van der Waals surface area contributed by atoms with Crippen LogP contribution in [0.25, 0.3) is 6.08 Å². The van der Waals surface area contributed by atoms with E-state index in [0.29, 0.717) is 13.2 Å². The number of hydrogen-bond donors (Lipinski definition) is 2. The Bertz CT molecular complexity index is 688. The van der Waals surface area contributed by atoms with Crippen molar-refractivity contribution in [2.75, 3.05) is 52.6 Å². The van der Waals surface area contributed by atoms with Gasteiger partial charge in [0.1, 0.15) is 17.7 Å². The summed E-state index contributed by atoms with van der Waals surface area (Å²) in [7, 11) is 0. The van der Waals surface area contributed by atoms with Crippen LogP contribution in [0, 0.1) is 0 Å². The molecule has 4 heterocycles. The highest BCUT2D eigenvalue weighted by Crippen LogP contribution is 2.19. The van der Waals surface area contributed by atoms with Crippen LogP contribution in [0.1, 0.15) is 4.88 Å². The molecule has 7 nitrogen and oxygen atoms in total. The Kier molecular flexibility index (Phi) is 5.42. The van der Waals surface area contributed by atoms with E-state index < -0.39 is 0 Å². The van der Waals surface area contributed by atoms with E-state index in [1.54, 1.807) is 11.3 Å². The molecule has 4 rings (SSSR count). The van der Waals surface area contributed by atoms with E-state index in [0.717, 1.165) is 56.7 Å². The van der Waals surface area contributed by atoms with Gasteiger partial charge in [-0.3, -0.25) is 0 Å². The molecule has 2 saturated heterocycles. The Hall–Kier alpha value is -2.03. The van der Waals surface area contributed by atoms with Crippen molar-refractivity contribution in [3.63, 3.8) is 0 Å². The normalized spacial score (nSPS) is 24.8. The maximum absolute atomic E-state index is 6.54. The zero-order valence-electron chi connectivity index (χ0n) is 14.8. The Morgan fingerprint density at radius 3 is 2.46 bits per heavy atom. The first kappa shape index (κ1) is 17.4. The quantitative estimate of drug-likeness (QED) is 0.817. The molecule has 0 spiro atoms. The fraction of sp³-hybridized carbons (Fsp3) is 0.500. The lowest BCUT2D eigenvalue weighted by molar-refractivity contribution is 0.0486. The second-order valence-corrected chi connectivity index (χ2v) is 7.36. The summed E-state index contributed by atoms with van der Waals surface area (Å²) in [6.45, 7) is 6.16. The SMILES string of the molecule is NC1=C(N2CCOCC2)NC(/C=C/c2cccs2)N=C1N1CCOCC1. The number of thiophene rings is 1. The molecule has 2 fully saturated rings. The van der Waals surface area contributed by atoms with Crippen LogP contribution in [0.4, 0.5) is 0 Å². The van der Waals surface area contributed by atoms with Gasteiger partial charge in [0, 0.05) is 31.1 Å². The smallest absolute Gasteiger partial charge is 0.153 e. The van der Waals surface area contributed by atoms with Crippen molar-refractivity contribution < 1.29 is 9.47 Å². The molecule has 3 N–H and O–H groups in total. The van der Waals surface area contributed by atoms with Crippen molar-refractivity contribution in [1.82, 2.24) is 15.1 Å². The average Bonchev–Trinajstić information content (AvgIpc) is 3.22. The van der Waals surface area contributed by atoms with Crippen LogP contribution in [-0.4, -0.2) is 74.4 Å². The molecule has 26 heavy (non-hydrogen) atoms. The molecular formula is C18H25N5O2S. The molecule has 1 aromatic heterocycles. The van der Waals surface area contributed by atoms with E-state index in [4.69, 9.17) is 20.2 Å². The first-order valence-electron chi connectivity index (χ1n) is 9.03. The number of nitrogens with one attached hydrogen (secondary N) is 1. The number of aliphatic imine (C=N–C) groups is 1. The molecular weight excluding hydrogens is 350 g/mol. The highest BCUT2D eigenvalue weighted by molar-refractivity contribution is 7.10. The third kappa shape index (κ3) is 3.87. The largest absolute Gasteiger partial charge is 0.393 e. The van der Waals surface area contributed by atoms with Gasteiger partial charge in [0.05, 0.1) is 26.4 Å². The Balaban J connectivity index is 1.60. The number of hydrogen-bond acceptors (Lipinski definition) is 8. The Morgan fingerprint density at radius 2 is 1.81 bits per heavy atom. The van der Waals surface area contributed by atoms with Crippen molar-refractivity contribution in [3.8, 4) is 0 Å². The highest BCUT2D eigenvalue weighted by atomic mass is 32.1. The van der Waals surface area contributed by atoms with Crippen LogP contribution < -0.4 is 11.1 Å². The van der Waals surface area contributed by atoms with Crippen LogP contribution >= 0.6 is 11.3 Å². The van der Waals surface area contributed by atoms with Crippen LogP contribution in [0.15, 0.2) is 40.1 Å². The average molecular weight is 375 g/mol. The molecule has 140 valence electrons. The van der Waals surface area contributed by atoms with Crippen molar-refractivity contribution in [2.45, 2.75) is 6.17 Å². The van der Waals surface area contributed by atoms with Gasteiger partial charge in [-0.1, -0.05) is 6.07 Å². The predicted octanol–water partition coefficient (Wildman–Crippen LogP) is 0.881. The molecule has 0 amide bonds. The number of nitrogens with zero attached hydrogens (tertiary/aromatic N) is 3. The van der Waals surface area contributed by atoms with Gasteiger partial charge in [-0.15, -0.1) is 11.3 Å². The number of nitrogens with two attached hydrogens (primary N) is 1. The summed E-state index contributed by atoms with van der Waals surface area (Å²) in [4.78, 5) is 10.6. The standard InChI is InChI=1S/C18H25N5O2S/c19-16-17(22-5-9-24-10-6-22)20-15(4-3-14-2-1-13-26-14)21-18(16)23-7-11-25-12-8-23/h1-4,13,15,20H,5-12,19H2/b4-3+. The Labute approximate surface area is 157 Å². The van der Waals surface area contributed by atoms with Crippen molar-refractivity contribution in [3.05, 3.63) is 40.0 Å². The van der Waals surface area contributed by atoms with Gasteiger partial charge in [0.2, 0.25) is 0 Å². The first-order chi connectivity index (χ1) is 12.8. The third-order valence-corrected chi connectivity index (χ3v) is 5.50. The lowest BCUT2D eigenvalue weighted by atomic mass is 10.2. The third-order valence-electron chi connectivity index (χ3n) is 4.67. The topological polar surface area (TPSA) is 75.3 Å². The van der Waals surface area contributed by atoms with Crippen LogP contribution in [0.2, 0.25) is 0 Å². The number of morpholine rings is 2. The summed E-state index contributed by atoms with van der Waals surface area (Å²) in [5, 5.41) is 5.58. The second kappa shape index (κ2) is 8.11. The minimum Gasteiger partial charge on any atom is -0.393 e. The van der Waals surface area contributed by atoms with E-state index in [1.807, 2.05) is 0 Å². The zero-order chi connectivity index (χ0) is 17.8. The van der Waals surface area contributed by atoms with Crippen molar-refractivity contribution >= 4 is 23.2 Å². The predicted molar refractivity (Wildman–Crippen MR) is 104 cm³/mol. The first-order valence-corrected chi connectivity index (χ1v) is 9.91. The second-order valence-electron chi connectivity index (χ2n) is 6.38. The van der Waals surface area contributed by atoms with E-state index in [2.05, 4.69) is 44.8 Å². The van der Waals surface area contributed by atoms with Gasteiger partial charge in [0.15, 0.2) is 5.84 Å². The lowest BCUT2D eigenvalue weighted by Crippen LogP contribution is -2.52. The van der Waals surface area contributed by atoms with Gasteiger partial charge in [-0.25, -0.2) is 4.99 Å². The molecule has 0 bridgehead atoms. The molecule has 8 heteroatoms. The minimum absolute atomic E-state index is 0.139. The molecule has 1 aromatic rings. The molecule has 3 aliphatic heterocycles. The van der Waals surface area contributed by atoms with Crippen LogP contribution in [0.5, 0.6) is 0 Å². The summed E-state index contributed by atoms with van der Waals surface area (Å²) in [6.07, 6.45) is 4.07. The molecule has 1 unspecified atom stereocenters. The molecule has 0 saturated carbocycles. The van der Waals surface area contributed by atoms with E-state index in [-0.39, 0.29) is 6.17 Å². The van der Waals surface area contributed by atoms with Gasteiger partial charge in [-0.2, -0.15) is 0 Å².